The Labute approximate surface area is 111 Å². The third-order valence-corrected chi connectivity index (χ3v) is 2.77. The lowest BCUT2D eigenvalue weighted by Gasteiger charge is -2.07. The van der Waals surface area contributed by atoms with E-state index >= 15 is 0 Å². The van der Waals surface area contributed by atoms with Gasteiger partial charge in [0.05, 0.1) is 17.5 Å². The first-order valence-electron chi connectivity index (χ1n) is 4.70. The number of nitriles is 1. The van der Waals surface area contributed by atoms with Crippen molar-refractivity contribution in [1.29, 1.82) is 5.26 Å². The van der Waals surface area contributed by atoms with Crippen LogP contribution in [-0.2, 0) is 0 Å². The standard InChI is InChI=1S/C11H6BrClN4/c12-7-1-2-9(16-6-7)8(5-14)10-3-4-15-11(13)17-10/h1-4,6,8H. The van der Waals surface area contributed by atoms with Gasteiger partial charge >= 0.3 is 0 Å². The van der Waals surface area contributed by atoms with Crippen LogP contribution >= 0.6 is 27.5 Å². The summed E-state index contributed by atoms with van der Waals surface area (Å²) in [7, 11) is 0. The summed E-state index contributed by atoms with van der Waals surface area (Å²) in [5, 5.41) is 9.31. The molecule has 0 radical (unpaired) electrons. The van der Waals surface area contributed by atoms with Crippen LogP contribution in [0.2, 0.25) is 5.28 Å². The predicted molar refractivity (Wildman–Crippen MR) is 66.4 cm³/mol. The maximum absolute atomic E-state index is 9.19. The molecule has 0 amide bonds. The summed E-state index contributed by atoms with van der Waals surface area (Å²) in [6, 6.07) is 7.41. The first kappa shape index (κ1) is 12.0. The summed E-state index contributed by atoms with van der Waals surface area (Å²) in [6.45, 7) is 0. The van der Waals surface area contributed by atoms with Crippen molar-refractivity contribution >= 4 is 27.5 Å². The number of hydrogen-bond acceptors (Lipinski definition) is 4. The summed E-state index contributed by atoms with van der Waals surface area (Å²) in [5.41, 5.74) is 1.17. The van der Waals surface area contributed by atoms with Gasteiger partial charge in [0.25, 0.3) is 0 Å². The molecule has 6 heteroatoms. The molecule has 17 heavy (non-hydrogen) atoms. The molecule has 0 N–H and O–H groups in total. The molecule has 2 aromatic heterocycles. The maximum atomic E-state index is 9.19. The lowest BCUT2D eigenvalue weighted by atomic mass is 10.0. The van der Waals surface area contributed by atoms with E-state index in [9.17, 15) is 5.26 Å². The van der Waals surface area contributed by atoms with Gasteiger partial charge in [-0.3, -0.25) is 4.98 Å². The second-order valence-electron chi connectivity index (χ2n) is 3.21. The predicted octanol–water partition coefficient (Wildman–Crippen LogP) is 2.94. The minimum Gasteiger partial charge on any atom is -0.258 e. The van der Waals surface area contributed by atoms with Crippen molar-refractivity contribution in [2.24, 2.45) is 0 Å². The highest BCUT2D eigenvalue weighted by Gasteiger charge is 2.16. The second kappa shape index (κ2) is 5.21. The fourth-order valence-electron chi connectivity index (χ4n) is 1.35. The maximum Gasteiger partial charge on any atom is 0.222 e. The first-order valence-corrected chi connectivity index (χ1v) is 5.87. The first-order chi connectivity index (χ1) is 8.20. The summed E-state index contributed by atoms with van der Waals surface area (Å²) in [6.07, 6.45) is 3.16. The Kier molecular flexibility index (Phi) is 3.67. The van der Waals surface area contributed by atoms with E-state index in [0.29, 0.717) is 11.4 Å². The third kappa shape index (κ3) is 2.78. The van der Waals surface area contributed by atoms with Gasteiger partial charge in [-0.25, -0.2) is 9.97 Å². The van der Waals surface area contributed by atoms with Crippen LogP contribution in [-0.4, -0.2) is 15.0 Å². The minimum atomic E-state index is -0.538. The van der Waals surface area contributed by atoms with Gasteiger partial charge in [-0.15, -0.1) is 0 Å². The number of pyridine rings is 1. The van der Waals surface area contributed by atoms with Gasteiger partial charge < -0.3 is 0 Å². The largest absolute Gasteiger partial charge is 0.258 e. The van der Waals surface area contributed by atoms with Gasteiger partial charge in [-0.05, 0) is 45.7 Å². The molecule has 4 nitrogen and oxygen atoms in total. The van der Waals surface area contributed by atoms with Gasteiger partial charge in [-0.2, -0.15) is 5.26 Å². The van der Waals surface area contributed by atoms with E-state index in [-0.39, 0.29) is 5.28 Å². The molecular formula is C11H6BrClN4. The zero-order chi connectivity index (χ0) is 12.3. The van der Waals surface area contributed by atoms with E-state index < -0.39 is 5.92 Å². The van der Waals surface area contributed by atoms with Crippen molar-refractivity contribution in [3.05, 3.63) is 51.7 Å². The zero-order valence-corrected chi connectivity index (χ0v) is 10.9. The monoisotopic (exact) mass is 308 g/mol. The van der Waals surface area contributed by atoms with Crippen molar-refractivity contribution in [2.75, 3.05) is 0 Å². The van der Waals surface area contributed by atoms with Crippen molar-refractivity contribution in [2.45, 2.75) is 5.92 Å². The smallest absolute Gasteiger partial charge is 0.222 e. The molecule has 0 fully saturated rings. The normalized spacial score (nSPS) is 11.8. The number of hydrogen-bond donors (Lipinski definition) is 0. The Morgan fingerprint density at radius 1 is 1.24 bits per heavy atom. The molecule has 2 rings (SSSR count). The third-order valence-electron chi connectivity index (χ3n) is 2.12. The Bertz CT molecular complexity index is 564. The van der Waals surface area contributed by atoms with Crippen LogP contribution in [0.25, 0.3) is 0 Å². The van der Waals surface area contributed by atoms with Crippen LogP contribution < -0.4 is 0 Å². The summed E-state index contributed by atoms with van der Waals surface area (Å²) < 4.78 is 0.860. The molecule has 1 unspecified atom stereocenters. The molecule has 0 aliphatic carbocycles. The highest BCUT2D eigenvalue weighted by molar-refractivity contribution is 9.10. The topological polar surface area (TPSA) is 62.5 Å². The summed E-state index contributed by atoms with van der Waals surface area (Å²) in [5.74, 6) is -0.538. The van der Waals surface area contributed by atoms with Crippen LogP contribution in [0.3, 0.4) is 0 Å². The Balaban J connectivity index is 2.41. The summed E-state index contributed by atoms with van der Waals surface area (Å²) in [4.78, 5) is 12.0. The zero-order valence-electron chi connectivity index (χ0n) is 8.51. The van der Waals surface area contributed by atoms with E-state index in [4.69, 9.17) is 11.6 Å². The lowest BCUT2D eigenvalue weighted by Crippen LogP contribution is -2.03. The lowest BCUT2D eigenvalue weighted by molar-refractivity contribution is 0.902. The van der Waals surface area contributed by atoms with E-state index in [1.54, 1.807) is 18.3 Å². The highest BCUT2D eigenvalue weighted by atomic mass is 79.9. The van der Waals surface area contributed by atoms with Crippen LogP contribution in [0.1, 0.15) is 17.3 Å². The molecule has 0 aliphatic heterocycles. The van der Waals surface area contributed by atoms with Crippen molar-refractivity contribution in [3.8, 4) is 6.07 Å². The molecule has 0 bridgehead atoms. The van der Waals surface area contributed by atoms with Crippen molar-refractivity contribution in [1.82, 2.24) is 15.0 Å². The molecule has 0 saturated carbocycles. The van der Waals surface area contributed by atoms with Crippen LogP contribution in [0.5, 0.6) is 0 Å². The number of aromatic nitrogens is 3. The van der Waals surface area contributed by atoms with Crippen LogP contribution in [0.15, 0.2) is 35.1 Å². The molecule has 0 aliphatic rings. The van der Waals surface area contributed by atoms with Gasteiger partial charge in [0.15, 0.2) is 0 Å². The van der Waals surface area contributed by atoms with E-state index in [0.717, 1.165) is 4.47 Å². The average Bonchev–Trinajstić information content (AvgIpc) is 2.33. The van der Waals surface area contributed by atoms with Gasteiger partial charge in [0, 0.05) is 16.9 Å². The number of rotatable bonds is 2. The molecule has 0 aromatic carbocycles. The minimum absolute atomic E-state index is 0.125. The Morgan fingerprint density at radius 2 is 2.06 bits per heavy atom. The average molecular weight is 310 g/mol. The molecular weight excluding hydrogens is 304 g/mol. The van der Waals surface area contributed by atoms with Crippen LogP contribution in [0, 0.1) is 11.3 Å². The van der Waals surface area contributed by atoms with E-state index in [1.165, 1.54) is 6.20 Å². The van der Waals surface area contributed by atoms with Crippen molar-refractivity contribution < 1.29 is 0 Å². The molecule has 84 valence electrons. The second-order valence-corrected chi connectivity index (χ2v) is 4.47. The SMILES string of the molecule is N#CC(c1ccc(Br)cn1)c1ccnc(Cl)n1. The number of nitrogens with zero attached hydrogens (tertiary/aromatic N) is 4. The van der Waals surface area contributed by atoms with Gasteiger partial charge in [0.1, 0.15) is 5.92 Å². The quantitative estimate of drug-likeness (QED) is 0.800. The number of halogens is 2. The van der Waals surface area contributed by atoms with Crippen LogP contribution in [0.4, 0.5) is 0 Å². The highest BCUT2D eigenvalue weighted by Crippen LogP contribution is 2.22. The fourth-order valence-corrected chi connectivity index (χ4v) is 1.74. The van der Waals surface area contributed by atoms with Gasteiger partial charge in [0.2, 0.25) is 5.28 Å². The van der Waals surface area contributed by atoms with E-state index in [2.05, 4.69) is 37.0 Å². The molecule has 2 heterocycles. The Hall–Kier alpha value is -1.51. The van der Waals surface area contributed by atoms with Crippen molar-refractivity contribution in [3.63, 3.8) is 0 Å². The summed E-state index contributed by atoms with van der Waals surface area (Å²) >= 11 is 8.99. The molecule has 0 spiro atoms. The molecule has 1 atom stereocenters. The Morgan fingerprint density at radius 3 is 2.65 bits per heavy atom. The van der Waals surface area contributed by atoms with Gasteiger partial charge in [-0.1, -0.05) is 0 Å². The molecule has 2 aromatic rings. The molecule has 0 saturated heterocycles. The fraction of sp³-hybridized carbons (Fsp3) is 0.0909. The van der Waals surface area contributed by atoms with E-state index in [1.807, 2.05) is 6.07 Å².